The number of carboxylic acid groups (broad SMARTS) is 1. The molecule has 4 nitrogen and oxygen atoms in total. The number of benzene rings is 1. The number of carboxylic acids is 1. The summed E-state index contributed by atoms with van der Waals surface area (Å²) in [7, 11) is -8.89. The SMILES string of the molecule is COC(C)c1c(CO)cc(S(F)(F)(F)(F)F)cc1C(=O)O. The van der Waals surface area contributed by atoms with E-state index in [1.54, 1.807) is 0 Å². The summed E-state index contributed by atoms with van der Waals surface area (Å²) < 4.78 is 68.9. The fraction of sp³-hybridized carbons (Fsp3) is 0.364. The third-order valence-electron chi connectivity index (χ3n) is 2.85. The minimum absolute atomic E-state index is 0.0544. The predicted octanol–water partition coefficient (Wildman–Crippen LogP) is 4.24. The van der Waals surface area contributed by atoms with Crippen molar-refractivity contribution in [3.63, 3.8) is 0 Å². The third-order valence-corrected chi connectivity index (χ3v) is 3.97. The van der Waals surface area contributed by atoms with E-state index in [1.807, 2.05) is 0 Å². The number of methoxy groups -OCH3 is 1. The minimum Gasteiger partial charge on any atom is -0.478 e. The highest BCUT2D eigenvalue weighted by Crippen LogP contribution is 3.02. The molecule has 0 heterocycles. The van der Waals surface area contributed by atoms with Crippen molar-refractivity contribution in [2.24, 2.45) is 0 Å². The van der Waals surface area contributed by atoms with E-state index in [-0.39, 0.29) is 17.7 Å². The highest BCUT2D eigenvalue weighted by atomic mass is 32.5. The van der Waals surface area contributed by atoms with Crippen molar-refractivity contribution >= 4 is 16.2 Å². The lowest BCUT2D eigenvalue weighted by Gasteiger charge is -2.41. The Labute approximate surface area is 116 Å². The summed E-state index contributed by atoms with van der Waals surface area (Å²) in [5.41, 5.74) is -1.84. The molecule has 0 spiro atoms. The van der Waals surface area contributed by atoms with Gasteiger partial charge in [-0.05, 0) is 24.6 Å². The maximum absolute atomic E-state index is 12.8. The Hall–Kier alpha value is -1.39. The lowest BCUT2D eigenvalue weighted by Crippen LogP contribution is -2.15. The number of hydrogen-bond acceptors (Lipinski definition) is 3. The van der Waals surface area contributed by atoms with Crippen LogP contribution in [0.4, 0.5) is 19.4 Å². The van der Waals surface area contributed by atoms with Gasteiger partial charge in [-0.1, -0.05) is 19.4 Å². The van der Waals surface area contributed by atoms with Gasteiger partial charge in [0.15, 0.2) is 0 Å². The molecule has 0 saturated heterocycles. The van der Waals surface area contributed by atoms with Gasteiger partial charge in [-0.25, -0.2) is 4.79 Å². The second-order valence-electron chi connectivity index (χ2n) is 4.35. The predicted molar refractivity (Wildman–Crippen MR) is 66.1 cm³/mol. The monoisotopic (exact) mass is 336 g/mol. The van der Waals surface area contributed by atoms with Crippen LogP contribution in [0, 0.1) is 0 Å². The Balaban J connectivity index is 3.80. The first-order chi connectivity index (χ1) is 9.21. The molecule has 1 rings (SSSR count). The summed E-state index contributed by atoms with van der Waals surface area (Å²) in [6.45, 7) is 0.283. The Morgan fingerprint density at radius 1 is 1.29 bits per heavy atom. The van der Waals surface area contributed by atoms with Gasteiger partial charge in [0.05, 0.1) is 18.3 Å². The topological polar surface area (TPSA) is 66.8 Å². The largest absolute Gasteiger partial charge is 0.478 e. The van der Waals surface area contributed by atoms with Gasteiger partial charge in [-0.15, -0.1) is 0 Å². The molecule has 2 N–H and O–H groups in total. The highest BCUT2D eigenvalue weighted by molar-refractivity contribution is 8.45. The van der Waals surface area contributed by atoms with Gasteiger partial charge in [0.2, 0.25) is 0 Å². The van der Waals surface area contributed by atoms with Crippen molar-refractivity contribution in [1.29, 1.82) is 0 Å². The maximum atomic E-state index is 12.8. The van der Waals surface area contributed by atoms with Crippen molar-refractivity contribution in [1.82, 2.24) is 0 Å². The van der Waals surface area contributed by atoms with Crippen LogP contribution >= 0.6 is 10.2 Å². The van der Waals surface area contributed by atoms with Crippen molar-refractivity contribution < 1.29 is 39.2 Å². The molecule has 0 radical (unpaired) electrons. The molecular weight excluding hydrogens is 323 g/mol. The van der Waals surface area contributed by atoms with Crippen LogP contribution in [0.25, 0.3) is 0 Å². The fourth-order valence-electron chi connectivity index (χ4n) is 1.81. The Morgan fingerprint density at radius 2 is 1.81 bits per heavy atom. The number of rotatable bonds is 5. The van der Waals surface area contributed by atoms with Gasteiger partial charge in [0, 0.05) is 12.7 Å². The summed E-state index contributed by atoms with van der Waals surface area (Å²) in [6, 6.07) is -0.0766. The van der Waals surface area contributed by atoms with Crippen LogP contribution in [0.15, 0.2) is 17.0 Å². The van der Waals surface area contributed by atoms with Crippen LogP contribution < -0.4 is 0 Å². The van der Waals surface area contributed by atoms with E-state index in [0.717, 1.165) is 7.11 Å². The molecule has 0 fully saturated rings. The molecule has 10 heteroatoms. The second kappa shape index (κ2) is 4.55. The Morgan fingerprint density at radius 3 is 2.14 bits per heavy atom. The first kappa shape index (κ1) is 17.7. The van der Waals surface area contributed by atoms with Crippen molar-refractivity contribution in [3.8, 4) is 0 Å². The zero-order valence-corrected chi connectivity index (χ0v) is 11.8. The first-order valence-corrected chi connectivity index (χ1v) is 7.44. The zero-order chi connectivity index (χ0) is 16.7. The number of aromatic carboxylic acids is 1. The smallest absolute Gasteiger partial charge is 0.336 e. The van der Waals surface area contributed by atoms with Crippen molar-refractivity contribution in [2.75, 3.05) is 7.11 Å². The zero-order valence-electron chi connectivity index (χ0n) is 10.9. The summed E-state index contributed by atoms with van der Waals surface area (Å²) in [5.74, 6) is -1.83. The van der Waals surface area contributed by atoms with E-state index in [9.17, 15) is 24.2 Å². The van der Waals surface area contributed by atoms with Crippen molar-refractivity contribution in [2.45, 2.75) is 24.5 Å². The molecule has 1 atom stereocenters. The Kier molecular flexibility index (Phi) is 3.83. The second-order valence-corrected chi connectivity index (χ2v) is 6.76. The number of aliphatic hydroxyl groups is 1. The van der Waals surface area contributed by atoms with Crippen LogP contribution in [-0.2, 0) is 11.3 Å². The summed E-state index contributed by atoms with van der Waals surface area (Å²) in [5, 5.41) is 18.0. The summed E-state index contributed by atoms with van der Waals surface area (Å²) in [6.07, 6.45) is -0.995. The lowest BCUT2D eigenvalue weighted by atomic mass is 9.97. The molecule has 21 heavy (non-hydrogen) atoms. The van der Waals surface area contributed by atoms with E-state index < -0.39 is 44.9 Å². The van der Waals surface area contributed by atoms with Crippen LogP contribution in [0.1, 0.15) is 34.5 Å². The highest BCUT2D eigenvalue weighted by Gasteiger charge is 2.65. The molecule has 1 aromatic rings. The van der Waals surface area contributed by atoms with E-state index in [1.165, 1.54) is 6.92 Å². The van der Waals surface area contributed by atoms with Gasteiger partial charge in [0.25, 0.3) is 0 Å². The van der Waals surface area contributed by atoms with Crippen molar-refractivity contribution in [3.05, 3.63) is 28.8 Å². The molecule has 122 valence electrons. The number of aliphatic hydroxyl groups excluding tert-OH is 1. The molecule has 0 amide bonds. The fourth-order valence-corrected chi connectivity index (χ4v) is 2.52. The molecule has 0 aliphatic carbocycles. The molecule has 0 aliphatic rings. The lowest BCUT2D eigenvalue weighted by molar-refractivity contribution is 0.0681. The van der Waals surface area contributed by atoms with Gasteiger partial charge in [0.1, 0.15) is 4.90 Å². The van der Waals surface area contributed by atoms with E-state index in [4.69, 9.17) is 14.9 Å². The van der Waals surface area contributed by atoms with Gasteiger partial charge >= 0.3 is 16.2 Å². The number of ether oxygens (including phenoxy) is 1. The molecule has 0 aliphatic heterocycles. The molecule has 1 unspecified atom stereocenters. The molecule has 0 saturated carbocycles. The van der Waals surface area contributed by atoms with Gasteiger partial charge in [-0.3, -0.25) is 0 Å². The van der Waals surface area contributed by atoms with E-state index in [2.05, 4.69) is 0 Å². The molecule has 1 aromatic carbocycles. The summed E-state index contributed by atoms with van der Waals surface area (Å²) >= 11 is 0. The normalized spacial score (nSPS) is 17.0. The first-order valence-electron chi connectivity index (χ1n) is 5.49. The van der Waals surface area contributed by atoms with Gasteiger partial charge in [-0.2, -0.15) is 0 Å². The molecule has 0 aromatic heterocycles. The van der Waals surface area contributed by atoms with Gasteiger partial charge < -0.3 is 14.9 Å². The third kappa shape index (κ3) is 3.83. The average molecular weight is 336 g/mol. The molecular formula is C11H13F5O4S. The van der Waals surface area contributed by atoms with E-state index >= 15 is 0 Å². The molecule has 0 bridgehead atoms. The number of halogens is 5. The van der Waals surface area contributed by atoms with E-state index in [0.29, 0.717) is 0 Å². The Bertz CT molecular complexity index is 584. The standard InChI is InChI=1S/C11H13F5O4S/c1-6(20-2)10-7(5-17)3-8(4-9(10)11(18)19)21(12,13,14,15)16/h3-4,6,17H,5H2,1-2H3,(H,18,19). The van der Waals surface area contributed by atoms with Crippen LogP contribution in [-0.4, -0.2) is 23.3 Å². The number of carbonyl (C=O) groups is 1. The average Bonchev–Trinajstić information content (AvgIpc) is 2.33. The maximum Gasteiger partial charge on any atom is 0.336 e. The van der Waals surface area contributed by atoms with Crippen LogP contribution in [0.5, 0.6) is 0 Å². The van der Waals surface area contributed by atoms with Crippen LogP contribution in [0.2, 0.25) is 0 Å². The minimum atomic E-state index is -10.1. The van der Waals surface area contributed by atoms with Crippen LogP contribution in [0.3, 0.4) is 0 Å². The quantitative estimate of drug-likeness (QED) is 0.789. The summed E-state index contributed by atoms with van der Waals surface area (Å²) in [4.78, 5) is 8.70. The number of hydrogen-bond donors (Lipinski definition) is 2.